The van der Waals surface area contributed by atoms with Crippen LogP contribution in [-0.2, 0) is 4.74 Å². The van der Waals surface area contributed by atoms with Crippen molar-refractivity contribution in [1.29, 1.82) is 0 Å². The number of aliphatic hydroxyl groups is 1. The van der Waals surface area contributed by atoms with E-state index in [1.807, 2.05) is 0 Å². The van der Waals surface area contributed by atoms with Gasteiger partial charge in [0.15, 0.2) is 0 Å². The van der Waals surface area contributed by atoms with E-state index in [2.05, 4.69) is 17.1 Å². The van der Waals surface area contributed by atoms with Crippen LogP contribution in [0.1, 0.15) is 32.6 Å². The maximum Gasteiger partial charge on any atom is 0.0613 e. The van der Waals surface area contributed by atoms with Gasteiger partial charge in [0.1, 0.15) is 0 Å². The first-order valence-electron chi connectivity index (χ1n) is 7.40. The quantitative estimate of drug-likeness (QED) is 0.765. The molecule has 2 unspecified atom stereocenters. The van der Waals surface area contributed by atoms with Crippen LogP contribution in [0.5, 0.6) is 0 Å². The van der Waals surface area contributed by atoms with E-state index < -0.39 is 0 Å². The molecule has 0 aromatic heterocycles. The molecule has 18 heavy (non-hydrogen) atoms. The van der Waals surface area contributed by atoms with Crippen LogP contribution in [0.2, 0.25) is 0 Å². The predicted octanol–water partition coefficient (Wildman–Crippen LogP) is 0.849. The highest BCUT2D eigenvalue weighted by Gasteiger charge is 2.33. The van der Waals surface area contributed by atoms with E-state index in [1.54, 1.807) is 0 Å². The average molecular weight is 256 g/mol. The number of aliphatic hydroxyl groups excluding tert-OH is 1. The van der Waals surface area contributed by atoms with Gasteiger partial charge < -0.3 is 15.2 Å². The third kappa shape index (κ3) is 3.92. The van der Waals surface area contributed by atoms with E-state index >= 15 is 0 Å². The summed E-state index contributed by atoms with van der Waals surface area (Å²) in [6.45, 7) is 8.44. The molecule has 1 saturated heterocycles. The van der Waals surface area contributed by atoms with Gasteiger partial charge in [-0.25, -0.2) is 0 Å². The van der Waals surface area contributed by atoms with Crippen LogP contribution in [0.3, 0.4) is 0 Å². The fraction of sp³-hybridized carbons (Fsp3) is 1.00. The van der Waals surface area contributed by atoms with E-state index in [0.29, 0.717) is 0 Å². The SMILES string of the molecule is CC1CCCC(CO)(NCCN2CCOCC2)C1. The summed E-state index contributed by atoms with van der Waals surface area (Å²) in [4.78, 5) is 2.44. The van der Waals surface area contributed by atoms with Crippen molar-refractivity contribution in [2.24, 2.45) is 5.92 Å². The first kappa shape index (κ1) is 14.3. The topological polar surface area (TPSA) is 44.7 Å². The van der Waals surface area contributed by atoms with Crippen molar-refractivity contribution >= 4 is 0 Å². The molecular weight excluding hydrogens is 228 g/mol. The van der Waals surface area contributed by atoms with Gasteiger partial charge in [-0.05, 0) is 18.8 Å². The highest BCUT2D eigenvalue weighted by molar-refractivity contribution is 4.92. The van der Waals surface area contributed by atoms with E-state index in [-0.39, 0.29) is 12.1 Å². The Kier molecular flexibility index (Phi) is 5.42. The van der Waals surface area contributed by atoms with Gasteiger partial charge in [0.2, 0.25) is 0 Å². The van der Waals surface area contributed by atoms with Gasteiger partial charge in [-0.1, -0.05) is 19.8 Å². The highest BCUT2D eigenvalue weighted by atomic mass is 16.5. The minimum absolute atomic E-state index is 0.00997. The average Bonchev–Trinajstić information content (AvgIpc) is 2.40. The second-order valence-electron chi connectivity index (χ2n) is 6.02. The van der Waals surface area contributed by atoms with Crippen molar-refractivity contribution in [1.82, 2.24) is 10.2 Å². The molecule has 106 valence electrons. The summed E-state index contributed by atoms with van der Waals surface area (Å²) in [5.41, 5.74) is -0.00997. The Morgan fingerprint density at radius 2 is 2.17 bits per heavy atom. The molecular formula is C14H28N2O2. The Morgan fingerprint density at radius 1 is 1.39 bits per heavy atom. The molecule has 2 atom stereocenters. The van der Waals surface area contributed by atoms with Crippen LogP contribution in [-0.4, -0.2) is 61.5 Å². The molecule has 1 saturated carbocycles. The number of rotatable bonds is 5. The van der Waals surface area contributed by atoms with Crippen molar-refractivity contribution < 1.29 is 9.84 Å². The first-order chi connectivity index (χ1) is 8.74. The molecule has 0 radical (unpaired) electrons. The lowest BCUT2D eigenvalue weighted by Gasteiger charge is -2.40. The molecule has 0 aromatic rings. The third-order valence-corrected chi connectivity index (χ3v) is 4.43. The molecule has 2 aliphatic rings. The number of hydrogen-bond donors (Lipinski definition) is 2. The van der Waals surface area contributed by atoms with Crippen LogP contribution in [0.15, 0.2) is 0 Å². The fourth-order valence-electron chi connectivity index (χ4n) is 3.32. The van der Waals surface area contributed by atoms with Crippen molar-refractivity contribution in [3.63, 3.8) is 0 Å². The molecule has 0 bridgehead atoms. The van der Waals surface area contributed by atoms with E-state index in [4.69, 9.17) is 4.74 Å². The van der Waals surface area contributed by atoms with Gasteiger partial charge in [0.05, 0.1) is 19.8 Å². The van der Waals surface area contributed by atoms with Gasteiger partial charge in [-0.15, -0.1) is 0 Å². The van der Waals surface area contributed by atoms with Gasteiger partial charge in [0, 0.05) is 31.7 Å². The summed E-state index contributed by atoms with van der Waals surface area (Å²) >= 11 is 0. The molecule has 2 fully saturated rings. The number of nitrogens with zero attached hydrogens (tertiary/aromatic N) is 1. The molecule has 4 heteroatoms. The lowest BCUT2D eigenvalue weighted by molar-refractivity contribution is 0.0345. The van der Waals surface area contributed by atoms with E-state index in [9.17, 15) is 5.11 Å². The Balaban J connectivity index is 1.72. The molecule has 0 aromatic carbocycles. The maximum absolute atomic E-state index is 9.70. The molecule has 0 spiro atoms. The summed E-state index contributed by atoms with van der Waals surface area (Å²) in [7, 11) is 0. The van der Waals surface area contributed by atoms with E-state index in [1.165, 1.54) is 12.8 Å². The largest absolute Gasteiger partial charge is 0.394 e. The summed E-state index contributed by atoms with van der Waals surface area (Å²) in [6.07, 6.45) is 4.79. The Hall–Kier alpha value is -0.160. The standard InChI is InChI=1S/C14H28N2O2/c1-13-3-2-4-14(11-13,12-17)15-5-6-16-7-9-18-10-8-16/h13,15,17H,2-12H2,1H3. The number of ether oxygens (including phenoxy) is 1. The third-order valence-electron chi connectivity index (χ3n) is 4.43. The van der Waals surface area contributed by atoms with Crippen LogP contribution in [0.25, 0.3) is 0 Å². The minimum Gasteiger partial charge on any atom is -0.394 e. The smallest absolute Gasteiger partial charge is 0.0613 e. The lowest BCUT2D eigenvalue weighted by Crippen LogP contribution is -2.53. The molecule has 2 N–H and O–H groups in total. The van der Waals surface area contributed by atoms with Crippen LogP contribution >= 0.6 is 0 Å². The maximum atomic E-state index is 9.70. The summed E-state index contributed by atoms with van der Waals surface area (Å²) in [5.74, 6) is 0.738. The lowest BCUT2D eigenvalue weighted by atomic mass is 9.77. The molecule has 1 aliphatic carbocycles. The summed E-state index contributed by atoms with van der Waals surface area (Å²) in [5, 5.41) is 13.3. The zero-order chi connectivity index (χ0) is 12.8. The van der Waals surface area contributed by atoms with Crippen LogP contribution in [0, 0.1) is 5.92 Å². The number of morpholine rings is 1. The zero-order valence-corrected chi connectivity index (χ0v) is 11.7. The predicted molar refractivity (Wildman–Crippen MR) is 72.7 cm³/mol. The normalized spacial score (nSPS) is 34.7. The summed E-state index contributed by atoms with van der Waals surface area (Å²) in [6, 6.07) is 0. The highest BCUT2D eigenvalue weighted by Crippen LogP contribution is 2.31. The van der Waals surface area contributed by atoms with Crippen LogP contribution < -0.4 is 5.32 Å². The summed E-state index contributed by atoms with van der Waals surface area (Å²) < 4.78 is 5.35. The monoisotopic (exact) mass is 256 g/mol. The molecule has 4 nitrogen and oxygen atoms in total. The molecule has 1 aliphatic heterocycles. The van der Waals surface area contributed by atoms with Crippen LogP contribution in [0.4, 0.5) is 0 Å². The second-order valence-corrected chi connectivity index (χ2v) is 6.02. The number of nitrogens with one attached hydrogen (secondary N) is 1. The van der Waals surface area contributed by atoms with Gasteiger partial charge >= 0.3 is 0 Å². The van der Waals surface area contributed by atoms with E-state index in [0.717, 1.165) is 58.2 Å². The minimum atomic E-state index is -0.00997. The first-order valence-corrected chi connectivity index (χ1v) is 7.40. The molecule has 0 amide bonds. The Morgan fingerprint density at radius 3 is 2.83 bits per heavy atom. The van der Waals surface area contributed by atoms with Crippen molar-refractivity contribution in [3.8, 4) is 0 Å². The van der Waals surface area contributed by atoms with Crippen molar-refractivity contribution in [2.45, 2.75) is 38.1 Å². The van der Waals surface area contributed by atoms with Crippen molar-refractivity contribution in [2.75, 3.05) is 46.0 Å². The van der Waals surface area contributed by atoms with Gasteiger partial charge in [-0.2, -0.15) is 0 Å². The fourth-order valence-corrected chi connectivity index (χ4v) is 3.32. The molecule has 1 heterocycles. The number of hydrogen-bond acceptors (Lipinski definition) is 4. The second kappa shape index (κ2) is 6.85. The van der Waals surface area contributed by atoms with Crippen molar-refractivity contribution in [3.05, 3.63) is 0 Å². The Labute approximate surface area is 111 Å². The molecule has 2 rings (SSSR count). The zero-order valence-electron chi connectivity index (χ0n) is 11.7. The Bertz CT molecular complexity index is 244. The van der Waals surface area contributed by atoms with Gasteiger partial charge in [-0.3, -0.25) is 4.90 Å². The van der Waals surface area contributed by atoms with Gasteiger partial charge in [0.25, 0.3) is 0 Å².